The van der Waals surface area contributed by atoms with E-state index in [1.54, 1.807) is 12.1 Å². The third-order valence-electron chi connectivity index (χ3n) is 4.83. The highest BCUT2D eigenvalue weighted by Gasteiger charge is 2.24. The molecule has 0 spiro atoms. The summed E-state index contributed by atoms with van der Waals surface area (Å²) in [6.07, 6.45) is 0.662. The fraction of sp³-hybridized carbons (Fsp3) is 0.364. The first-order valence-corrected chi connectivity index (χ1v) is 9.44. The molecular formula is C22H27N3O2. The minimum atomic E-state index is -0.280. The Morgan fingerprint density at radius 1 is 1.15 bits per heavy atom. The monoisotopic (exact) mass is 365 g/mol. The van der Waals surface area contributed by atoms with Crippen LogP contribution in [-0.2, 0) is 17.8 Å². The van der Waals surface area contributed by atoms with Gasteiger partial charge in [0, 0.05) is 24.3 Å². The van der Waals surface area contributed by atoms with Crippen molar-refractivity contribution in [3.05, 3.63) is 64.7 Å². The molecule has 1 aliphatic rings. The van der Waals surface area contributed by atoms with Crippen molar-refractivity contribution in [2.45, 2.75) is 39.8 Å². The predicted octanol–water partition coefficient (Wildman–Crippen LogP) is 3.03. The van der Waals surface area contributed by atoms with Crippen molar-refractivity contribution >= 4 is 17.5 Å². The van der Waals surface area contributed by atoms with Crippen LogP contribution in [0, 0.1) is 12.8 Å². The second kappa shape index (κ2) is 8.35. The Hall–Kier alpha value is -2.66. The first kappa shape index (κ1) is 19.1. The third-order valence-corrected chi connectivity index (χ3v) is 4.83. The number of fused-ring (bicyclic) bond motifs is 1. The molecule has 1 heterocycles. The van der Waals surface area contributed by atoms with Crippen molar-refractivity contribution in [3.8, 4) is 0 Å². The molecule has 0 fully saturated rings. The average Bonchev–Trinajstić information content (AvgIpc) is 2.67. The van der Waals surface area contributed by atoms with E-state index in [-0.39, 0.29) is 17.9 Å². The van der Waals surface area contributed by atoms with Crippen molar-refractivity contribution < 1.29 is 9.59 Å². The van der Waals surface area contributed by atoms with Crippen molar-refractivity contribution in [2.24, 2.45) is 5.92 Å². The van der Waals surface area contributed by atoms with Crippen LogP contribution in [0.15, 0.2) is 42.5 Å². The number of hydrogen-bond acceptors (Lipinski definition) is 3. The third kappa shape index (κ3) is 4.74. The van der Waals surface area contributed by atoms with Gasteiger partial charge in [0.15, 0.2) is 0 Å². The molecule has 0 unspecified atom stereocenters. The fourth-order valence-corrected chi connectivity index (χ4v) is 3.16. The fourth-order valence-electron chi connectivity index (χ4n) is 3.16. The Morgan fingerprint density at radius 3 is 2.63 bits per heavy atom. The van der Waals surface area contributed by atoms with Gasteiger partial charge in [-0.3, -0.25) is 9.59 Å². The summed E-state index contributed by atoms with van der Waals surface area (Å²) in [6.45, 7) is 7.34. The molecule has 0 saturated carbocycles. The summed E-state index contributed by atoms with van der Waals surface area (Å²) in [5.41, 5.74) is 4.60. The standard InChI is InChI=1S/C22H27N3O2/c1-14(2)12-24-21(26)17-9-8-15(3)19(11-17)25-22(27)20-10-16-6-4-5-7-18(16)13-23-20/h4-9,11,14,20,23H,10,12-13H2,1-3H3,(H,24,26)(H,25,27)/t20-/m1/s1. The van der Waals surface area contributed by atoms with Gasteiger partial charge in [-0.05, 0) is 48.1 Å². The van der Waals surface area contributed by atoms with Gasteiger partial charge in [-0.15, -0.1) is 0 Å². The van der Waals surface area contributed by atoms with Crippen LogP contribution < -0.4 is 16.0 Å². The van der Waals surface area contributed by atoms with Crippen LogP contribution in [0.5, 0.6) is 0 Å². The van der Waals surface area contributed by atoms with Crippen LogP contribution in [0.3, 0.4) is 0 Å². The smallest absolute Gasteiger partial charge is 0.251 e. The molecule has 3 rings (SSSR count). The molecule has 2 amide bonds. The van der Waals surface area contributed by atoms with Gasteiger partial charge in [0.2, 0.25) is 5.91 Å². The van der Waals surface area contributed by atoms with Gasteiger partial charge in [-0.1, -0.05) is 44.2 Å². The molecule has 5 heteroatoms. The van der Waals surface area contributed by atoms with Crippen LogP contribution in [0.2, 0.25) is 0 Å². The zero-order chi connectivity index (χ0) is 19.4. The lowest BCUT2D eigenvalue weighted by molar-refractivity contribution is -0.118. The molecule has 1 aliphatic heterocycles. The Morgan fingerprint density at radius 2 is 1.89 bits per heavy atom. The molecule has 5 nitrogen and oxygen atoms in total. The van der Waals surface area contributed by atoms with Gasteiger partial charge >= 0.3 is 0 Å². The van der Waals surface area contributed by atoms with E-state index in [4.69, 9.17) is 0 Å². The van der Waals surface area contributed by atoms with Crippen molar-refractivity contribution in [2.75, 3.05) is 11.9 Å². The van der Waals surface area contributed by atoms with Crippen LogP contribution in [-0.4, -0.2) is 24.4 Å². The highest BCUT2D eigenvalue weighted by Crippen LogP contribution is 2.20. The maximum atomic E-state index is 12.8. The molecule has 3 N–H and O–H groups in total. The van der Waals surface area contributed by atoms with Crippen molar-refractivity contribution in [3.63, 3.8) is 0 Å². The molecule has 0 radical (unpaired) electrons. The molecule has 0 aromatic heterocycles. The number of carbonyl (C=O) groups is 2. The molecule has 0 saturated heterocycles. The molecule has 0 bridgehead atoms. The van der Waals surface area contributed by atoms with E-state index in [2.05, 4.69) is 41.9 Å². The Balaban J connectivity index is 1.69. The summed E-state index contributed by atoms with van der Waals surface area (Å²) in [4.78, 5) is 25.1. The second-order valence-corrected chi connectivity index (χ2v) is 7.53. The maximum absolute atomic E-state index is 12.8. The Labute approximate surface area is 160 Å². The number of amides is 2. The summed E-state index contributed by atoms with van der Waals surface area (Å²) >= 11 is 0. The normalized spacial score (nSPS) is 15.9. The minimum Gasteiger partial charge on any atom is -0.352 e. The zero-order valence-corrected chi connectivity index (χ0v) is 16.1. The molecule has 1 atom stereocenters. The summed E-state index contributed by atoms with van der Waals surface area (Å²) < 4.78 is 0. The van der Waals surface area contributed by atoms with Crippen molar-refractivity contribution in [1.29, 1.82) is 0 Å². The quantitative estimate of drug-likeness (QED) is 0.763. The van der Waals surface area contributed by atoms with E-state index < -0.39 is 0 Å². The first-order chi connectivity index (χ1) is 12.9. The Kier molecular flexibility index (Phi) is 5.91. The summed E-state index contributed by atoms with van der Waals surface area (Å²) in [6, 6.07) is 13.3. The Bertz CT molecular complexity index is 845. The summed E-state index contributed by atoms with van der Waals surface area (Å²) in [5, 5.41) is 9.19. The van der Waals surface area contributed by atoms with E-state index in [0.29, 0.717) is 36.7 Å². The van der Waals surface area contributed by atoms with E-state index >= 15 is 0 Å². The second-order valence-electron chi connectivity index (χ2n) is 7.53. The van der Waals surface area contributed by atoms with Gasteiger partial charge in [0.25, 0.3) is 5.91 Å². The lowest BCUT2D eigenvalue weighted by Gasteiger charge is -2.25. The molecule has 142 valence electrons. The molecule has 2 aromatic carbocycles. The first-order valence-electron chi connectivity index (χ1n) is 9.44. The minimum absolute atomic E-state index is 0.0765. The molecular weight excluding hydrogens is 338 g/mol. The summed E-state index contributed by atoms with van der Waals surface area (Å²) in [5.74, 6) is 0.190. The molecule has 2 aromatic rings. The van der Waals surface area contributed by atoms with E-state index in [1.165, 1.54) is 11.1 Å². The van der Waals surface area contributed by atoms with Gasteiger partial charge < -0.3 is 16.0 Å². The number of nitrogens with one attached hydrogen (secondary N) is 3. The van der Waals surface area contributed by atoms with Crippen LogP contribution in [0.1, 0.15) is 40.9 Å². The average molecular weight is 365 g/mol. The van der Waals surface area contributed by atoms with E-state index in [9.17, 15) is 9.59 Å². The lowest BCUT2D eigenvalue weighted by atomic mass is 9.95. The lowest BCUT2D eigenvalue weighted by Crippen LogP contribution is -2.44. The molecule has 27 heavy (non-hydrogen) atoms. The highest BCUT2D eigenvalue weighted by atomic mass is 16.2. The van der Waals surface area contributed by atoms with Crippen molar-refractivity contribution in [1.82, 2.24) is 10.6 Å². The van der Waals surface area contributed by atoms with E-state index in [1.807, 2.05) is 25.1 Å². The number of hydrogen-bond donors (Lipinski definition) is 3. The number of benzene rings is 2. The van der Waals surface area contributed by atoms with E-state index in [0.717, 1.165) is 5.56 Å². The van der Waals surface area contributed by atoms with Crippen LogP contribution >= 0.6 is 0 Å². The van der Waals surface area contributed by atoms with Crippen LogP contribution in [0.4, 0.5) is 5.69 Å². The number of aryl methyl sites for hydroxylation is 1. The number of anilines is 1. The van der Waals surface area contributed by atoms with Gasteiger partial charge in [-0.25, -0.2) is 0 Å². The molecule has 0 aliphatic carbocycles. The summed E-state index contributed by atoms with van der Waals surface area (Å²) in [7, 11) is 0. The SMILES string of the molecule is Cc1ccc(C(=O)NCC(C)C)cc1NC(=O)[C@H]1Cc2ccccc2CN1. The number of carbonyl (C=O) groups excluding carboxylic acids is 2. The number of rotatable bonds is 5. The zero-order valence-electron chi connectivity index (χ0n) is 16.1. The van der Waals surface area contributed by atoms with Gasteiger partial charge in [0.05, 0.1) is 6.04 Å². The van der Waals surface area contributed by atoms with Crippen LogP contribution in [0.25, 0.3) is 0 Å². The maximum Gasteiger partial charge on any atom is 0.251 e. The highest BCUT2D eigenvalue weighted by molar-refractivity contribution is 5.99. The van der Waals surface area contributed by atoms with Gasteiger partial charge in [-0.2, -0.15) is 0 Å². The largest absolute Gasteiger partial charge is 0.352 e. The predicted molar refractivity (Wildman–Crippen MR) is 108 cm³/mol. The topological polar surface area (TPSA) is 70.2 Å². The van der Waals surface area contributed by atoms with Gasteiger partial charge in [0.1, 0.15) is 0 Å².